The van der Waals surface area contributed by atoms with Crippen LogP contribution in [0.1, 0.15) is 0 Å². The van der Waals surface area contributed by atoms with E-state index in [1.165, 1.54) is 0 Å². The number of H-pyrrole nitrogens is 1. The van der Waals surface area contributed by atoms with Crippen LogP contribution in [0, 0.1) is 4.77 Å². The molecule has 0 spiro atoms. The first-order valence-corrected chi connectivity index (χ1v) is 7.54. The molecule has 5 nitrogen and oxygen atoms in total. The molecule has 0 aliphatic heterocycles. The number of rotatable bonds is 2. The average molecular weight is 311 g/mol. The average Bonchev–Trinajstić information content (AvgIpc) is 3.13. The third-order valence-corrected chi connectivity index (χ3v) is 4.20. The maximum absolute atomic E-state index is 5.36. The second-order valence-electron chi connectivity index (χ2n) is 4.41. The predicted octanol–water partition coefficient (Wildman–Crippen LogP) is 3.60. The molecule has 0 saturated carbocycles. The molecule has 0 amide bonds. The molecule has 1 N–H and O–H groups in total. The number of benzene rings is 1. The summed E-state index contributed by atoms with van der Waals surface area (Å²) in [6, 6.07) is 11.7. The summed E-state index contributed by atoms with van der Waals surface area (Å²) in [6.45, 7) is 0. The quantitative estimate of drug-likeness (QED) is 0.575. The molecule has 0 atom stereocenters. The molecular formula is C14H9N5S2. The number of aromatic nitrogens is 5. The number of hydrogen-bond acceptors (Lipinski definition) is 5. The smallest absolute Gasteiger partial charge is 0.200 e. The molecule has 0 fully saturated rings. The maximum atomic E-state index is 5.36. The summed E-state index contributed by atoms with van der Waals surface area (Å²) in [5.41, 5.74) is 4.54. The normalized spacial score (nSPS) is 11.0. The molecular weight excluding hydrogens is 302 g/mol. The second kappa shape index (κ2) is 4.87. The van der Waals surface area contributed by atoms with E-state index >= 15 is 0 Å². The molecule has 0 radical (unpaired) electrons. The number of thiazole rings is 1. The zero-order chi connectivity index (χ0) is 14.2. The highest BCUT2D eigenvalue weighted by molar-refractivity contribution is 7.71. The van der Waals surface area contributed by atoms with Crippen molar-refractivity contribution >= 4 is 33.8 Å². The Morgan fingerprint density at radius 3 is 2.95 bits per heavy atom. The van der Waals surface area contributed by atoms with E-state index in [0.29, 0.717) is 10.6 Å². The Kier molecular flexibility index (Phi) is 2.87. The summed E-state index contributed by atoms with van der Waals surface area (Å²) in [5.74, 6) is 0.699. The summed E-state index contributed by atoms with van der Waals surface area (Å²) >= 11 is 6.96. The molecule has 0 unspecified atom stereocenters. The van der Waals surface area contributed by atoms with Crippen LogP contribution >= 0.6 is 23.6 Å². The predicted molar refractivity (Wildman–Crippen MR) is 85.2 cm³/mol. The van der Waals surface area contributed by atoms with E-state index in [0.717, 1.165) is 21.6 Å². The number of nitrogens with one attached hydrogen (secondary N) is 1. The minimum absolute atomic E-state index is 0.541. The van der Waals surface area contributed by atoms with Crippen LogP contribution in [0.15, 0.2) is 48.1 Å². The van der Waals surface area contributed by atoms with Crippen molar-refractivity contribution in [2.75, 3.05) is 0 Å². The maximum Gasteiger partial charge on any atom is 0.200 e. The molecule has 0 aliphatic carbocycles. The van der Waals surface area contributed by atoms with Crippen LogP contribution < -0.4 is 0 Å². The van der Waals surface area contributed by atoms with Crippen LogP contribution in [0.4, 0.5) is 0 Å². The van der Waals surface area contributed by atoms with Crippen molar-refractivity contribution < 1.29 is 0 Å². The molecule has 4 aromatic rings. The lowest BCUT2D eigenvalue weighted by atomic mass is 10.2. The highest BCUT2D eigenvalue weighted by Crippen LogP contribution is 2.24. The molecule has 0 bridgehead atoms. The molecule has 7 heteroatoms. The molecule has 3 aromatic heterocycles. The van der Waals surface area contributed by atoms with Crippen LogP contribution in [0.25, 0.3) is 27.4 Å². The number of pyridine rings is 1. The summed E-state index contributed by atoms with van der Waals surface area (Å²) in [7, 11) is 0. The van der Waals surface area contributed by atoms with Gasteiger partial charge in [0.2, 0.25) is 0 Å². The van der Waals surface area contributed by atoms with Gasteiger partial charge in [-0.1, -0.05) is 6.07 Å². The van der Waals surface area contributed by atoms with Crippen molar-refractivity contribution in [1.29, 1.82) is 0 Å². The van der Waals surface area contributed by atoms with E-state index in [9.17, 15) is 0 Å². The SMILES string of the molecule is S=c1[nH]nc(-c2ccccn2)n1-c1ccc2ncsc2c1. The number of aromatic amines is 1. The molecule has 1 aromatic carbocycles. The molecule has 4 rings (SSSR count). The van der Waals surface area contributed by atoms with Crippen molar-refractivity contribution in [3.05, 3.63) is 52.9 Å². The van der Waals surface area contributed by atoms with Crippen LogP contribution in [0.5, 0.6) is 0 Å². The van der Waals surface area contributed by atoms with Gasteiger partial charge in [-0.05, 0) is 42.5 Å². The third kappa shape index (κ3) is 2.07. The summed E-state index contributed by atoms with van der Waals surface area (Å²) in [5, 5.41) is 7.14. The fraction of sp³-hybridized carbons (Fsp3) is 0. The van der Waals surface area contributed by atoms with E-state index in [2.05, 4.69) is 26.2 Å². The largest absolute Gasteiger partial charge is 0.267 e. The lowest BCUT2D eigenvalue weighted by Gasteiger charge is -2.06. The van der Waals surface area contributed by atoms with E-state index in [1.807, 2.05) is 40.4 Å². The Hall–Kier alpha value is -2.38. The zero-order valence-corrected chi connectivity index (χ0v) is 12.4. The molecule has 0 aliphatic rings. The molecule has 21 heavy (non-hydrogen) atoms. The van der Waals surface area contributed by atoms with Crippen LogP contribution in [-0.2, 0) is 0 Å². The van der Waals surface area contributed by atoms with Crippen LogP contribution in [0.3, 0.4) is 0 Å². The Morgan fingerprint density at radius 1 is 1.14 bits per heavy atom. The molecule has 0 saturated heterocycles. The van der Waals surface area contributed by atoms with Crippen molar-refractivity contribution in [2.24, 2.45) is 0 Å². The Balaban J connectivity index is 1.96. The second-order valence-corrected chi connectivity index (χ2v) is 5.68. The van der Waals surface area contributed by atoms with Gasteiger partial charge in [0.15, 0.2) is 10.6 Å². The number of fused-ring (bicyclic) bond motifs is 1. The molecule has 3 heterocycles. The van der Waals surface area contributed by atoms with Gasteiger partial charge in [0.1, 0.15) is 5.69 Å². The topological polar surface area (TPSA) is 59.4 Å². The fourth-order valence-electron chi connectivity index (χ4n) is 2.19. The fourth-order valence-corrected chi connectivity index (χ4v) is 3.13. The standard InChI is InChI=1S/C14H9N5S2/c20-14-18-17-13(11-3-1-2-6-15-11)19(14)9-4-5-10-12(7-9)21-8-16-10/h1-8H,(H,18,20). The summed E-state index contributed by atoms with van der Waals surface area (Å²) in [6.07, 6.45) is 1.74. The van der Waals surface area contributed by atoms with Crippen molar-refractivity contribution in [3.63, 3.8) is 0 Å². The summed E-state index contributed by atoms with van der Waals surface area (Å²) < 4.78 is 3.54. The lowest BCUT2D eigenvalue weighted by Crippen LogP contribution is -1.98. The highest BCUT2D eigenvalue weighted by atomic mass is 32.1. The first kappa shape index (κ1) is 12.4. The van der Waals surface area contributed by atoms with Crippen molar-refractivity contribution in [3.8, 4) is 17.2 Å². The monoisotopic (exact) mass is 311 g/mol. The molecule has 102 valence electrons. The minimum Gasteiger partial charge on any atom is -0.267 e. The van der Waals surface area contributed by atoms with Gasteiger partial charge in [0.05, 0.1) is 21.4 Å². The van der Waals surface area contributed by atoms with Gasteiger partial charge in [-0.25, -0.2) is 4.98 Å². The minimum atomic E-state index is 0.541. The van der Waals surface area contributed by atoms with Gasteiger partial charge >= 0.3 is 0 Å². The van der Waals surface area contributed by atoms with Crippen LogP contribution in [0.2, 0.25) is 0 Å². The Morgan fingerprint density at radius 2 is 2.10 bits per heavy atom. The first-order valence-electron chi connectivity index (χ1n) is 6.25. The number of nitrogens with zero attached hydrogens (tertiary/aromatic N) is 4. The van der Waals surface area contributed by atoms with E-state index in [4.69, 9.17) is 12.2 Å². The van der Waals surface area contributed by atoms with Crippen LogP contribution in [-0.4, -0.2) is 24.7 Å². The Bertz CT molecular complexity index is 968. The zero-order valence-electron chi connectivity index (χ0n) is 10.7. The van der Waals surface area contributed by atoms with Gasteiger partial charge in [-0.15, -0.1) is 11.3 Å². The summed E-state index contributed by atoms with van der Waals surface area (Å²) in [4.78, 5) is 8.63. The van der Waals surface area contributed by atoms with Gasteiger partial charge < -0.3 is 0 Å². The van der Waals surface area contributed by atoms with Gasteiger partial charge in [-0.3, -0.25) is 14.6 Å². The van der Waals surface area contributed by atoms with Gasteiger partial charge in [-0.2, -0.15) is 5.10 Å². The van der Waals surface area contributed by atoms with E-state index in [-0.39, 0.29) is 0 Å². The van der Waals surface area contributed by atoms with Gasteiger partial charge in [0.25, 0.3) is 0 Å². The first-order chi connectivity index (χ1) is 10.3. The van der Waals surface area contributed by atoms with E-state index < -0.39 is 0 Å². The van der Waals surface area contributed by atoms with Gasteiger partial charge in [0, 0.05) is 6.20 Å². The Labute approximate surface area is 128 Å². The van der Waals surface area contributed by atoms with E-state index in [1.54, 1.807) is 17.5 Å². The van der Waals surface area contributed by atoms with Crippen molar-refractivity contribution in [2.45, 2.75) is 0 Å². The number of hydrogen-bond donors (Lipinski definition) is 1. The highest BCUT2D eigenvalue weighted by Gasteiger charge is 2.12. The third-order valence-electron chi connectivity index (χ3n) is 3.14. The van der Waals surface area contributed by atoms with Crippen molar-refractivity contribution in [1.82, 2.24) is 24.7 Å². The lowest BCUT2D eigenvalue weighted by molar-refractivity contribution is 1.03.